The number of pyridine rings is 1. The number of aromatic nitrogens is 1. The molecule has 1 unspecified atom stereocenters. The van der Waals surface area contributed by atoms with Crippen LogP contribution in [0.2, 0.25) is 0 Å². The molecule has 3 atom stereocenters. The third kappa shape index (κ3) is 10.5. The average molecular weight is 836 g/mol. The Hall–Kier alpha value is -6.47. The van der Waals surface area contributed by atoms with Crippen LogP contribution >= 0.6 is 0 Å². The van der Waals surface area contributed by atoms with Crippen molar-refractivity contribution in [1.29, 1.82) is 0 Å². The first kappa shape index (κ1) is 42.2. The highest BCUT2D eigenvalue weighted by molar-refractivity contribution is 5.94. The Kier molecular flexibility index (Phi) is 13.6. The zero-order chi connectivity index (χ0) is 42.8. The fourth-order valence-corrected chi connectivity index (χ4v) is 8.56. The Balaban J connectivity index is 0.869. The summed E-state index contributed by atoms with van der Waals surface area (Å²) in [6.45, 7) is 4.95. The maximum absolute atomic E-state index is 14.0. The van der Waals surface area contributed by atoms with E-state index in [0.29, 0.717) is 54.2 Å². The molecule has 0 radical (unpaired) electrons. The zero-order valence-electron chi connectivity index (χ0n) is 34.6. The number of carbonyl (C=O) groups excluding carboxylic acids is 2. The summed E-state index contributed by atoms with van der Waals surface area (Å²) in [7, 11) is 0. The molecule has 12 nitrogen and oxygen atoms in total. The van der Waals surface area contributed by atoms with Gasteiger partial charge in [-0.3, -0.25) is 14.5 Å². The van der Waals surface area contributed by atoms with Crippen LogP contribution in [0.4, 0.5) is 4.79 Å². The van der Waals surface area contributed by atoms with Crippen LogP contribution in [0.1, 0.15) is 69.6 Å². The van der Waals surface area contributed by atoms with Crippen LogP contribution < -0.4 is 20.9 Å². The number of H-pyrrole nitrogens is 1. The molecule has 320 valence electrons. The number of aliphatic hydroxyl groups excluding tert-OH is 1. The van der Waals surface area contributed by atoms with Crippen molar-refractivity contribution in [2.75, 3.05) is 39.3 Å². The van der Waals surface area contributed by atoms with Crippen LogP contribution in [0.15, 0.2) is 138 Å². The number of carbonyl (C=O) groups is 2. The Morgan fingerprint density at radius 3 is 2.32 bits per heavy atom. The fourth-order valence-electron chi connectivity index (χ4n) is 8.56. The van der Waals surface area contributed by atoms with Crippen molar-refractivity contribution in [2.24, 2.45) is 5.92 Å². The van der Waals surface area contributed by atoms with Crippen LogP contribution in [-0.2, 0) is 17.9 Å². The van der Waals surface area contributed by atoms with E-state index < -0.39 is 18.2 Å². The summed E-state index contributed by atoms with van der Waals surface area (Å²) >= 11 is 0. The molecule has 6 aromatic rings. The molecule has 0 aliphatic carbocycles. The highest BCUT2D eigenvalue weighted by atomic mass is 16.6. The summed E-state index contributed by atoms with van der Waals surface area (Å²) in [5.74, 6) is 0.914. The van der Waals surface area contributed by atoms with Gasteiger partial charge in [-0.25, -0.2) is 4.79 Å². The lowest BCUT2D eigenvalue weighted by Crippen LogP contribution is -2.52. The van der Waals surface area contributed by atoms with E-state index in [9.17, 15) is 24.6 Å². The number of ether oxygens (including phenoxy) is 2. The van der Waals surface area contributed by atoms with Crippen molar-refractivity contribution in [1.82, 2.24) is 25.4 Å². The molecule has 0 saturated carbocycles. The number of alkyl carbamates (subject to hydrolysis) is 1. The second-order valence-electron chi connectivity index (χ2n) is 16.2. The number of hydrogen-bond acceptors (Lipinski definition) is 9. The Labute approximate surface area is 361 Å². The number of nitrogens with one attached hydrogen (secondary N) is 3. The Morgan fingerprint density at radius 2 is 1.58 bits per heavy atom. The molecule has 2 bridgehead atoms. The number of phenols is 1. The monoisotopic (exact) mass is 835 g/mol. The van der Waals surface area contributed by atoms with Crippen molar-refractivity contribution in [3.8, 4) is 11.5 Å². The number of hydrogen-bond donors (Lipinski definition) is 5. The molecule has 3 fully saturated rings. The van der Waals surface area contributed by atoms with E-state index >= 15 is 0 Å². The first-order chi connectivity index (χ1) is 30.3. The highest BCUT2D eigenvalue weighted by Gasteiger charge is 2.37. The Bertz CT molecular complexity index is 2490. The van der Waals surface area contributed by atoms with Crippen molar-refractivity contribution >= 4 is 22.9 Å². The van der Waals surface area contributed by atoms with E-state index in [1.165, 1.54) is 12.1 Å². The number of rotatable bonds is 17. The number of fused-ring (bicyclic) bond motifs is 4. The van der Waals surface area contributed by atoms with E-state index in [4.69, 9.17) is 9.47 Å². The second-order valence-corrected chi connectivity index (χ2v) is 16.2. The summed E-state index contributed by atoms with van der Waals surface area (Å²) in [6, 6.07) is 40.6. The van der Waals surface area contributed by atoms with Crippen LogP contribution in [0.25, 0.3) is 10.9 Å². The number of benzene rings is 5. The van der Waals surface area contributed by atoms with E-state index in [0.717, 1.165) is 54.7 Å². The summed E-state index contributed by atoms with van der Waals surface area (Å²) < 4.78 is 12.3. The van der Waals surface area contributed by atoms with Gasteiger partial charge < -0.3 is 40.2 Å². The molecule has 1 aromatic heterocycles. The molecule has 5 aromatic carbocycles. The van der Waals surface area contributed by atoms with Crippen molar-refractivity contribution in [2.45, 2.75) is 50.7 Å². The lowest BCUT2D eigenvalue weighted by Gasteiger charge is -2.43. The largest absolute Gasteiger partial charge is 0.506 e. The zero-order valence-corrected chi connectivity index (χ0v) is 34.6. The predicted molar refractivity (Wildman–Crippen MR) is 238 cm³/mol. The molecule has 0 spiro atoms. The number of phenolic OH excluding ortho intramolecular Hbond substituents is 1. The Morgan fingerprint density at radius 1 is 0.839 bits per heavy atom. The molecule has 9 rings (SSSR count). The average Bonchev–Trinajstić information content (AvgIpc) is 3.31. The smallest absolute Gasteiger partial charge is 0.408 e. The minimum Gasteiger partial charge on any atom is -0.506 e. The molecule has 2 amide bonds. The molecule has 3 aliphatic heterocycles. The molecule has 62 heavy (non-hydrogen) atoms. The van der Waals surface area contributed by atoms with Gasteiger partial charge in [0.05, 0.1) is 17.7 Å². The molecule has 12 heteroatoms. The number of piperidine rings is 3. The highest BCUT2D eigenvalue weighted by Crippen LogP contribution is 2.31. The first-order valence-electron chi connectivity index (χ1n) is 21.4. The van der Waals surface area contributed by atoms with Gasteiger partial charge in [-0.1, -0.05) is 91.0 Å². The first-order valence-corrected chi connectivity index (χ1v) is 21.4. The van der Waals surface area contributed by atoms with Gasteiger partial charge in [-0.05, 0) is 109 Å². The van der Waals surface area contributed by atoms with Gasteiger partial charge in [-0.2, -0.15) is 0 Å². The maximum atomic E-state index is 14.0. The number of nitrogens with zero attached hydrogens (tertiary/aromatic N) is 2. The van der Waals surface area contributed by atoms with Crippen molar-refractivity contribution < 1.29 is 29.3 Å². The summed E-state index contributed by atoms with van der Waals surface area (Å²) in [5.41, 5.74) is 4.83. The minimum absolute atomic E-state index is 0.0591. The SMILES string of the molecule is O=C(NC(c1ccccc1)c1cccc(OCc2ccc(C(=O)N(CCCNC[C@@H](O)c3ccc(O)c4[nH]c(=O)ccc34)Cc3ccccc3)cc2)c1)O[C@H]1CN2CCC1CC2. The van der Waals surface area contributed by atoms with Crippen LogP contribution in [0, 0.1) is 5.92 Å². The van der Waals surface area contributed by atoms with Gasteiger partial charge in [0.25, 0.3) is 5.91 Å². The van der Waals surface area contributed by atoms with Crippen molar-refractivity contribution in [3.63, 3.8) is 0 Å². The van der Waals surface area contributed by atoms with Crippen LogP contribution in [0.3, 0.4) is 0 Å². The van der Waals surface area contributed by atoms with Gasteiger partial charge >= 0.3 is 6.09 Å². The van der Waals surface area contributed by atoms with E-state index in [1.807, 2.05) is 114 Å². The van der Waals surface area contributed by atoms with Gasteiger partial charge in [0.1, 0.15) is 24.2 Å². The number of aromatic hydroxyl groups is 1. The number of aliphatic hydroxyl groups is 1. The van der Waals surface area contributed by atoms with Crippen LogP contribution in [0.5, 0.6) is 11.5 Å². The molecule has 3 saturated heterocycles. The van der Waals surface area contributed by atoms with Gasteiger partial charge in [0, 0.05) is 43.2 Å². The normalized spacial score (nSPS) is 17.9. The van der Waals surface area contributed by atoms with Crippen LogP contribution in [-0.4, -0.2) is 82.4 Å². The van der Waals surface area contributed by atoms with Crippen molar-refractivity contribution in [3.05, 3.63) is 177 Å². The minimum atomic E-state index is -0.879. The van der Waals surface area contributed by atoms with E-state index in [-0.39, 0.29) is 42.0 Å². The van der Waals surface area contributed by atoms with Gasteiger partial charge in [0.2, 0.25) is 5.56 Å². The second kappa shape index (κ2) is 19.9. The third-order valence-electron chi connectivity index (χ3n) is 11.9. The van der Waals surface area contributed by atoms with E-state index in [2.05, 4.69) is 20.5 Å². The molecule has 5 N–H and O–H groups in total. The third-order valence-corrected chi connectivity index (χ3v) is 11.9. The summed E-state index contributed by atoms with van der Waals surface area (Å²) in [4.78, 5) is 45.9. The summed E-state index contributed by atoms with van der Waals surface area (Å²) in [6.07, 6.45) is 1.37. The predicted octanol–water partition coefficient (Wildman–Crippen LogP) is 7.08. The molecule has 4 heterocycles. The summed E-state index contributed by atoms with van der Waals surface area (Å²) in [5, 5.41) is 28.2. The molecular weight excluding hydrogens is 783 g/mol. The topological polar surface area (TPSA) is 156 Å². The van der Waals surface area contributed by atoms with Gasteiger partial charge in [0.15, 0.2) is 0 Å². The lowest BCUT2D eigenvalue weighted by molar-refractivity contribution is -0.0336. The number of aromatic amines is 1. The standard InChI is InChI=1S/C50H53N5O7/c56-43-21-19-41(42-20-22-46(58)52-48(42)43)44(57)30-51-25-8-26-55(31-34-9-3-1-4-10-34)49(59)38-17-15-35(16-18-38)33-61-40-14-7-13-39(29-40)47(37-11-5-2-6-12-37)53-50(60)62-45-32-54-27-23-36(45)24-28-54/h1-7,9-22,29,36,44-45,47,51,56-57H,8,23-28,30-33H2,(H,52,58)(H,53,60)/t44-,45+,47?/m1/s1. The van der Waals surface area contributed by atoms with Gasteiger partial charge in [-0.15, -0.1) is 0 Å². The quantitative estimate of drug-likeness (QED) is 0.0607. The molecule has 3 aliphatic rings. The molecular formula is C50H53N5O7. The van der Waals surface area contributed by atoms with E-state index in [1.54, 1.807) is 12.1 Å². The maximum Gasteiger partial charge on any atom is 0.408 e. The fraction of sp³-hybridized carbons (Fsp3) is 0.300. The number of amides is 2. The lowest BCUT2D eigenvalue weighted by atomic mass is 9.86.